The first-order valence-corrected chi connectivity index (χ1v) is 8.42. The zero-order valence-electron chi connectivity index (χ0n) is 15.0. The molecule has 138 valence electrons. The molecule has 0 radical (unpaired) electrons. The van der Waals surface area contributed by atoms with E-state index in [1.807, 2.05) is 0 Å². The van der Waals surface area contributed by atoms with Crippen molar-refractivity contribution < 1.29 is 14.3 Å². The molecule has 0 saturated carbocycles. The third kappa shape index (κ3) is 4.52. The van der Waals surface area contributed by atoms with E-state index >= 15 is 0 Å². The summed E-state index contributed by atoms with van der Waals surface area (Å²) < 4.78 is 6.71. The minimum atomic E-state index is -0.449. The van der Waals surface area contributed by atoms with Crippen LogP contribution in [0, 0.1) is 0 Å². The number of nitrogens with one attached hydrogen (secondary N) is 2. The molecule has 0 unspecified atom stereocenters. The van der Waals surface area contributed by atoms with Crippen molar-refractivity contribution in [2.45, 2.75) is 13.0 Å². The molecule has 2 N–H and O–H groups in total. The van der Waals surface area contributed by atoms with Gasteiger partial charge in [0.15, 0.2) is 0 Å². The Morgan fingerprint density at radius 3 is 2.48 bits per heavy atom. The number of amides is 2. The largest absolute Gasteiger partial charge is 0.497 e. The molecule has 7 heteroatoms. The summed E-state index contributed by atoms with van der Waals surface area (Å²) in [5, 5.41) is 9.72. The Morgan fingerprint density at radius 2 is 1.78 bits per heavy atom. The highest BCUT2D eigenvalue weighted by molar-refractivity contribution is 6.05. The number of anilines is 2. The van der Waals surface area contributed by atoms with Crippen LogP contribution in [0.1, 0.15) is 23.3 Å². The summed E-state index contributed by atoms with van der Waals surface area (Å²) >= 11 is 0. The Balaban J connectivity index is 1.68. The summed E-state index contributed by atoms with van der Waals surface area (Å²) in [4.78, 5) is 24.8. The molecule has 0 bridgehead atoms. The molecule has 0 fully saturated rings. The van der Waals surface area contributed by atoms with Crippen LogP contribution < -0.4 is 15.4 Å². The van der Waals surface area contributed by atoms with Crippen LogP contribution in [0.2, 0.25) is 0 Å². The van der Waals surface area contributed by atoms with Gasteiger partial charge in [-0.05, 0) is 49.4 Å². The number of benzene rings is 2. The highest BCUT2D eigenvalue weighted by atomic mass is 16.5. The van der Waals surface area contributed by atoms with Gasteiger partial charge in [0, 0.05) is 29.3 Å². The van der Waals surface area contributed by atoms with Gasteiger partial charge in [-0.1, -0.05) is 12.1 Å². The summed E-state index contributed by atoms with van der Waals surface area (Å²) in [6.07, 6.45) is 3.35. The Kier molecular flexibility index (Phi) is 5.51. The van der Waals surface area contributed by atoms with Crippen LogP contribution in [0.4, 0.5) is 11.4 Å². The molecule has 7 nitrogen and oxygen atoms in total. The van der Waals surface area contributed by atoms with Gasteiger partial charge in [0.05, 0.1) is 7.11 Å². The third-order valence-electron chi connectivity index (χ3n) is 4.02. The molecule has 0 aliphatic rings. The van der Waals surface area contributed by atoms with E-state index in [9.17, 15) is 9.59 Å². The Labute approximate surface area is 157 Å². The molecule has 2 aromatic carbocycles. The average molecular weight is 364 g/mol. The minimum absolute atomic E-state index is 0.199. The van der Waals surface area contributed by atoms with Crippen molar-refractivity contribution in [1.29, 1.82) is 0 Å². The highest BCUT2D eigenvalue weighted by Crippen LogP contribution is 2.19. The number of hydrogen-bond donors (Lipinski definition) is 2. The predicted octanol–water partition coefficient (Wildman–Crippen LogP) is 3.34. The lowest BCUT2D eigenvalue weighted by Gasteiger charge is -2.13. The number of carbonyl (C=O) groups excluding carboxylic acids is 2. The van der Waals surface area contributed by atoms with Crippen molar-refractivity contribution >= 4 is 23.2 Å². The molecule has 1 heterocycles. The summed E-state index contributed by atoms with van der Waals surface area (Å²) in [7, 11) is 1.55. The summed E-state index contributed by atoms with van der Waals surface area (Å²) in [6.45, 7) is 1.76. The predicted molar refractivity (Wildman–Crippen MR) is 103 cm³/mol. The van der Waals surface area contributed by atoms with E-state index in [1.165, 1.54) is 0 Å². The summed E-state index contributed by atoms with van der Waals surface area (Å²) in [6, 6.07) is 15.2. The first kappa shape index (κ1) is 18.2. The number of hydrogen-bond acceptors (Lipinski definition) is 4. The molecule has 0 spiro atoms. The lowest BCUT2D eigenvalue weighted by molar-refractivity contribution is -0.119. The highest BCUT2D eigenvalue weighted by Gasteiger charge is 2.15. The Morgan fingerprint density at radius 1 is 1.04 bits per heavy atom. The second-order valence-corrected chi connectivity index (χ2v) is 5.92. The van der Waals surface area contributed by atoms with Crippen molar-refractivity contribution in [1.82, 2.24) is 9.78 Å². The fourth-order valence-electron chi connectivity index (χ4n) is 2.52. The van der Waals surface area contributed by atoms with Crippen molar-refractivity contribution in [3.8, 4) is 5.75 Å². The van der Waals surface area contributed by atoms with Gasteiger partial charge >= 0.3 is 0 Å². The molecule has 2 amide bonds. The molecule has 3 rings (SSSR count). The van der Waals surface area contributed by atoms with Crippen LogP contribution in [0.3, 0.4) is 0 Å². The molecule has 0 aliphatic heterocycles. The van der Waals surface area contributed by atoms with E-state index in [1.54, 1.807) is 85.7 Å². The maximum atomic E-state index is 12.4. The monoisotopic (exact) mass is 364 g/mol. The van der Waals surface area contributed by atoms with Gasteiger partial charge in [-0.25, -0.2) is 0 Å². The number of nitrogens with zero attached hydrogens (tertiary/aromatic N) is 2. The van der Waals surface area contributed by atoms with E-state index < -0.39 is 6.04 Å². The van der Waals surface area contributed by atoms with Crippen LogP contribution in [0.5, 0.6) is 5.75 Å². The van der Waals surface area contributed by atoms with Gasteiger partial charge in [0.1, 0.15) is 11.8 Å². The van der Waals surface area contributed by atoms with E-state index in [0.717, 1.165) is 0 Å². The van der Waals surface area contributed by atoms with Crippen LogP contribution in [-0.4, -0.2) is 28.7 Å². The van der Waals surface area contributed by atoms with E-state index in [2.05, 4.69) is 15.7 Å². The zero-order chi connectivity index (χ0) is 19.2. The maximum Gasteiger partial charge on any atom is 0.255 e. The standard InChI is InChI=1S/C20H20N4O3/c1-14(24-11-5-10-21-24)19(25)22-16-7-4-8-17(13-16)23-20(26)15-6-3-9-18(12-15)27-2/h3-14H,1-2H3,(H,22,25)(H,23,26)/t14-/m1/s1. The van der Waals surface area contributed by atoms with Crippen LogP contribution in [0.25, 0.3) is 0 Å². The third-order valence-corrected chi connectivity index (χ3v) is 4.02. The molecule has 0 aliphatic carbocycles. The van der Waals surface area contributed by atoms with Crippen LogP contribution >= 0.6 is 0 Å². The smallest absolute Gasteiger partial charge is 0.255 e. The molecular formula is C20H20N4O3. The van der Waals surface area contributed by atoms with Gasteiger partial charge in [-0.2, -0.15) is 5.10 Å². The fraction of sp³-hybridized carbons (Fsp3) is 0.150. The molecule has 1 atom stereocenters. The van der Waals surface area contributed by atoms with Gasteiger partial charge in [0.2, 0.25) is 5.91 Å². The van der Waals surface area contributed by atoms with Crippen LogP contribution in [0.15, 0.2) is 67.0 Å². The molecule has 0 saturated heterocycles. The van der Waals surface area contributed by atoms with Crippen molar-refractivity contribution in [3.05, 3.63) is 72.6 Å². The zero-order valence-corrected chi connectivity index (χ0v) is 15.0. The van der Waals surface area contributed by atoms with Crippen molar-refractivity contribution in [2.24, 2.45) is 0 Å². The Hall–Kier alpha value is -3.61. The summed E-state index contributed by atoms with van der Waals surface area (Å²) in [5.41, 5.74) is 1.64. The van der Waals surface area contributed by atoms with Gasteiger partial charge in [-0.3, -0.25) is 14.3 Å². The lowest BCUT2D eigenvalue weighted by Crippen LogP contribution is -2.24. The first-order chi connectivity index (χ1) is 13.1. The van der Waals surface area contributed by atoms with Gasteiger partial charge < -0.3 is 15.4 Å². The topological polar surface area (TPSA) is 85.3 Å². The molecule has 3 aromatic rings. The van der Waals surface area contributed by atoms with Gasteiger partial charge in [0.25, 0.3) is 5.91 Å². The van der Waals surface area contributed by atoms with Crippen LogP contribution in [-0.2, 0) is 4.79 Å². The summed E-state index contributed by atoms with van der Waals surface area (Å²) in [5.74, 6) is 0.147. The quantitative estimate of drug-likeness (QED) is 0.702. The number of rotatable bonds is 6. The minimum Gasteiger partial charge on any atom is -0.497 e. The normalized spacial score (nSPS) is 11.5. The average Bonchev–Trinajstić information content (AvgIpc) is 3.22. The number of methoxy groups -OCH3 is 1. The van der Waals surface area contributed by atoms with E-state index in [-0.39, 0.29) is 11.8 Å². The Bertz CT molecular complexity index is 938. The van der Waals surface area contributed by atoms with E-state index in [0.29, 0.717) is 22.7 Å². The van der Waals surface area contributed by atoms with Crippen molar-refractivity contribution in [2.75, 3.05) is 17.7 Å². The number of ether oxygens (including phenoxy) is 1. The lowest BCUT2D eigenvalue weighted by atomic mass is 10.2. The van der Waals surface area contributed by atoms with E-state index in [4.69, 9.17) is 4.74 Å². The molecule has 27 heavy (non-hydrogen) atoms. The molecule has 1 aromatic heterocycles. The number of aromatic nitrogens is 2. The number of carbonyl (C=O) groups is 2. The maximum absolute atomic E-state index is 12.4. The second kappa shape index (κ2) is 8.18. The second-order valence-electron chi connectivity index (χ2n) is 5.92. The fourth-order valence-corrected chi connectivity index (χ4v) is 2.52. The van der Waals surface area contributed by atoms with Crippen molar-refractivity contribution in [3.63, 3.8) is 0 Å². The SMILES string of the molecule is COc1cccc(C(=O)Nc2cccc(NC(=O)[C@@H](C)n3cccn3)c2)c1. The first-order valence-electron chi connectivity index (χ1n) is 8.42. The molecular weight excluding hydrogens is 344 g/mol. The van der Waals surface area contributed by atoms with Gasteiger partial charge in [-0.15, -0.1) is 0 Å².